The zero-order chi connectivity index (χ0) is 18.9. The molecule has 26 heavy (non-hydrogen) atoms. The molecule has 2 aromatic carbocycles. The first-order valence-electron chi connectivity index (χ1n) is 8.04. The molecule has 8 heteroatoms. The van der Waals surface area contributed by atoms with Gasteiger partial charge in [0.2, 0.25) is 15.9 Å². The number of nitrogens with zero attached hydrogens (tertiary/aromatic N) is 1. The first-order valence-corrected chi connectivity index (χ1v) is 9.88. The van der Waals surface area contributed by atoms with Gasteiger partial charge in [0.05, 0.1) is 11.9 Å². The predicted octanol–water partition coefficient (Wildman–Crippen LogP) is 2.22. The number of rotatable bonds is 4. The first-order chi connectivity index (χ1) is 12.2. The molecule has 1 aliphatic heterocycles. The minimum absolute atomic E-state index is 0.220. The van der Waals surface area contributed by atoms with E-state index in [0.717, 1.165) is 5.56 Å². The molecule has 0 aromatic heterocycles. The molecule has 0 saturated heterocycles. The summed E-state index contributed by atoms with van der Waals surface area (Å²) in [6, 6.07) is 11.8. The molecule has 136 valence electrons. The van der Waals surface area contributed by atoms with Crippen molar-refractivity contribution in [3.8, 4) is 0 Å². The van der Waals surface area contributed by atoms with Crippen molar-refractivity contribution in [1.82, 2.24) is 0 Å². The average molecular weight is 373 g/mol. The van der Waals surface area contributed by atoms with E-state index in [1.807, 2.05) is 6.07 Å². The molecular weight excluding hydrogens is 354 g/mol. The van der Waals surface area contributed by atoms with Gasteiger partial charge in [0.15, 0.2) is 0 Å². The number of hydrogen-bond donors (Lipinski definition) is 2. The van der Waals surface area contributed by atoms with Gasteiger partial charge in [-0.15, -0.1) is 0 Å². The molecule has 0 unspecified atom stereocenters. The Bertz CT molecular complexity index is 986. The van der Waals surface area contributed by atoms with Gasteiger partial charge in [0.25, 0.3) is 5.91 Å². The van der Waals surface area contributed by atoms with Crippen molar-refractivity contribution in [3.63, 3.8) is 0 Å². The third kappa shape index (κ3) is 3.85. The lowest BCUT2D eigenvalue weighted by Gasteiger charge is -2.17. The van der Waals surface area contributed by atoms with Crippen LogP contribution in [-0.4, -0.2) is 33.0 Å². The van der Waals surface area contributed by atoms with Gasteiger partial charge in [-0.25, -0.2) is 8.42 Å². The fourth-order valence-corrected chi connectivity index (χ4v) is 3.87. The van der Waals surface area contributed by atoms with Crippen molar-refractivity contribution in [2.45, 2.75) is 13.3 Å². The summed E-state index contributed by atoms with van der Waals surface area (Å²) in [5, 5.41) is 5.40. The number of sulfonamides is 1. The molecule has 0 radical (unpaired) electrons. The number of benzene rings is 2. The van der Waals surface area contributed by atoms with Crippen LogP contribution in [0.3, 0.4) is 0 Å². The Kier molecular flexibility index (Phi) is 4.69. The molecule has 3 rings (SSSR count). The van der Waals surface area contributed by atoms with Crippen LogP contribution in [0.25, 0.3) is 0 Å². The number of nitrogens with one attached hydrogen (secondary N) is 2. The van der Waals surface area contributed by atoms with E-state index in [-0.39, 0.29) is 11.8 Å². The Labute approximate surface area is 152 Å². The highest BCUT2D eigenvalue weighted by molar-refractivity contribution is 7.92. The summed E-state index contributed by atoms with van der Waals surface area (Å²) in [5.41, 5.74) is 2.95. The Hall–Kier alpha value is -2.87. The van der Waals surface area contributed by atoms with Crippen molar-refractivity contribution in [1.29, 1.82) is 0 Å². The molecule has 1 aliphatic rings. The summed E-state index contributed by atoms with van der Waals surface area (Å²) < 4.78 is 25.1. The Balaban J connectivity index is 1.82. The van der Waals surface area contributed by atoms with Crippen molar-refractivity contribution in [3.05, 3.63) is 53.6 Å². The lowest BCUT2D eigenvalue weighted by molar-refractivity contribution is -0.114. The highest BCUT2D eigenvalue weighted by Crippen LogP contribution is 2.32. The van der Waals surface area contributed by atoms with E-state index in [9.17, 15) is 18.0 Å². The topological polar surface area (TPSA) is 95.6 Å². The SMILES string of the molecule is CC(=O)Nc1cccc(C(=O)Nc2ccc3c(c2)N(S(C)(=O)=O)CC3)c1. The Morgan fingerprint density at radius 3 is 2.46 bits per heavy atom. The second kappa shape index (κ2) is 6.80. The van der Waals surface area contributed by atoms with Crippen LogP contribution in [0, 0.1) is 0 Å². The second-order valence-corrected chi connectivity index (χ2v) is 8.05. The van der Waals surface area contributed by atoms with Gasteiger partial charge in [0, 0.05) is 30.4 Å². The molecule has 2 aromatic rings. The van der Waals surface area contributed by atoms with E-state index in [1.54, 1.807) is 36.4 Å². The van der Waals surface area contributed by atoms with E-state index >= 15 is 0 Å². The Morgan fingerprint density at radius 2 is 1.77 bits per heavy atom. The summed E-state index contributed by atoms with van der Waals surface area (Å²) >= 11 is 0. The fourth-order valence-electron chi connectivity index (χ4n) is 2.92. The maximum absolute atomic E-state index is 12.5. The van der Waals surface area contributed by atoms with E-state index in [1.165, 1.54) is 17.5 Å². The molecule has 2 amide bonds. The van der Waals surface area contributed by atoms with Gasteiger partial charge in [-0.3, -0.25) is 13.9 Å². The maximum atomic E-state index is 12.5. The lowest BCUT2D eigenvalue weighted by Crippen LogP contribution is -2.27. The highest BCUT2D eigenvalue weighted by atomic mass is 32.2. The molecule has 0 fully saturated rings. The molecule has 0 aliphatic carbocycles. The third-order valence-corrected chi connectivity index (χ3v) is 5.22. The molecule has 0 bridgehead atoms. The smallest absolute Gasteiger partial charge is 0.255 e. The molecule has 1 heterocycles. The number of carbonyl (C=O) groups is 2. The van der Waals surface area contributed by atoms with Gasteiger partial charge in [-0.2, -0.15) is 0 Å². The minimum Gasteiger partial charge on any atom is -0.326 e. The van der Waals surface area contributed by atoms with E-state index in [2.05, 4.69) is 10.6 Å². The second-order valence-electron chi connectivity index (χ2n) is 6.14. The van der Waals surface area contributed by atoms with Crippen LogP contribution >= 0.6 is 0 Å². The molecule has 0 saturated carbocycles. The summed E-state index contributed by atoms with van der Waals surface area (Å²) in [6.07, 6.45) is 1.82. The maximum Gasteiger partial charge on any atom is 0.255 e. The monoisotopic (exact) mass is 373 g/mol. The van der Waals surface area contributed by atoms with Crippen LogP contribution in [0.15, 0.2) is 42.5 Å². The van der Waals surface area contributed by atoms with Crippen LogP contribution in [0.1, 0.15) is 22.8 Å². The normalized spacial score (nSPS) is 13.2. The van der Waals surface area contributed by atoms with Gasteiger partial charge >= 0.3 is 0 Å². The number of amides is 2. The standard InChI is InChI=1S/C18H19N3O4S/c1-12(22)19-15-5-3-4-14(10-15)18(23)20-16-7-6-13-8-9-21(17(13)11-16)26(2,24)25/h3-7,10-11H,8-9H2,1-2H3,(H,19,22)(H,20,23). The zero-order valence-corrected chi connectivity index (χ0v) is 15.3. The largest absolute Gasteiger partial charge is 0.326 e. The minimum atomic E-state index is -3.35. The molecule has 7 nitrogen and oxygen atoms in total. The van der Waals surface area contributed by atoms with E-state index < -0.39 is 10.0 Å². The van der Waals surface area contributed by atoms with Crippen molar-refractivity contribution in [2.75, 3.05) is 27.7 Å². The van der Waals surface area contributed by atoms with Crippen molar-refractivity contribution in [2.24, 2.45) is 0 Å². The summed E-state index contributed by atoms with van der Waals surface area (Å²) in [6.45, 7) is 1.80. The lowest BCUT2D eigenvalue weighted by atomic mass is 10.1. The fraction of sp³-hybridized carbons (Fsp3) is 0.222. The summed E-state index contributed by atoms with van der Waals surface area (Å²) in [4.78, 5) is 23.6. The highest BCUT2D eigenvalue weighted by Gasteiger charge is 2.26. The Morgan fingerprint density at radius 1 is 1.04 bits per heavy atom. The summed E-state index contributed by atoms with van der Waals surface area (Å²) in [7, 11) is -3.35. The number of anilines is 3. The van der Waals surface area contributed by atoms with Crippen LogP contribution in [0.4, 0.5) is 17.1 Å². The number of carbonyl (C=O) groups excluding carboxylic acids is 2. The van der Waals surface area contributed by atoms with Crippen LogP contribution in [-0.2, 0) is 21.2 Å². The van der Waals surface area contributed by atoms with Crippen LogP contribution in [0.2, 0.25) is 0 Å². The van der Waals surface area contributed by atoms with E-state index in [4.69, 9.17) is 0 Å². The molecule has 2 N–H and O–H groups in total. The molecule has 0 atom stereocenters. The van der Waals surface area contributed by atoms with Gasteiger partial charge in [-0.05, 0) is 42.3 Å². The van der Waals surface area contributed by atoms with Gasteiger partial charge in [0.1, 0.15) is 0 Å². The molecule has 0 spiro atoms. The van der Waals surface area contributed by atoms with Gasteiger partial charge < -0.3 is 10.6 Å². The first kappa shape index (κ1) is 17.9. The average Bonchev–Trinajstić information content (AvgIpc) is 2.98. The van der Waals surface area contributed by atoms with E-state index in [0.29, 0.717) is 35.6 Å². The quantitative estimate of drug-likeness (QED) is 0.859. The van der Waals surface area contributed by atoms with Gasteiger partial charge in [-0.1, -0.05) is 12.1 Å². The van der Waals surface area contributed by atoms with Crippen LogP contribution in [0.5, 0.6) is 0 Å². The molecular formula is C18H19N3O4S. The summed E-state index contributed by atoms with van der Waals surface area (Å²) in [5.74, 6) is -0.567. The van der Waals surface area contributed by atoms with Crippen LogP contribution < -0.4 is 14.9 Å². The zero-order valence-electron chi connectivity index (χ0n) is 14.4. The number of fused-ring (bicyclic) bond motifs is 1. The number of hydrogen-bond acceptors (Lipinski definition) is 4. The van der Waals surface area contributed by atoms with Crippen molar-refractivity contribution >= 4 is 38.9 Å². The third-order valence-electron chi connectivity index (χ3n) is 4.04. The predicted molar refractivity (Wildman–Crippen MR) is 101 cm³/mol. The van der Waals surface area contributed by atoms with Crippen molar-refractivity contribution < 1.29 is 18.0 Å².